The van der Waals surface area contributed by atoms with E-state index in [2.05, 4.69) is 54.4 Å². The highest BCUT2D eigenvalue weighted by Crippen LogP contribution is 2.37. The van der Waals surface area contributed by atoms with Crippen LogP contribution in [0.5, 0.6) is 0 Å². The van der Waals surface area contributed by atoms with Crippen LogP contribution in [0.25, 0.3) is 11.2 Å². The zero-order valence-corrected chi connectivity index (χ0v) is 20.5. The van der Waals surface area contributed by atoms with Crippen molar-refractivity contribution in [2.75, 3.05) is 11.5 Å². The summed E-state index contributed by atoms with van der Waals surface area (Å²) in [6.07, 6.45) is 4.78. The van der Waals surface area contributed by atoms with Gasteiger partial charge in [0.2, 0.25) is 10.0 Å². The molecule has 0 unspecified atom stereocenters. The minimum Gasteiger partial charge on any atom is -0.382 e. The normalized spacial score (nSPS) is 14.0. The number of aryl methyl sites for hydroxylation is 3. The molecule has 0 fully saturated rings. The van der Waals surface area contributed by atoms with E-state index in [0.717, 1.165) is 21.3 Å². The summed E-state index contributed by atoms with van der Waals surface area (Å²) in [5.41, 5.74) is 9.84. The highest BCUT2D eigenvalue weighted by atomic mass is 127. The number of rotatable bonds is 7. The molecule has 0 atom stereocenters. The lowest BCUT2D eigenvalue weighted by Crippen LogP contribution is -2.33. The molecule has 0 aliphatic heterocycles. The number of benzene rings is 1. The summed E-state index contributed by atoms with van der Waals surface area (Å²) >= 11 is 3.86. The molecule has 0 amide bonds. The number of nitrogens with one attached hydrogen (secondary N) is 1. The van der Waals surface area contributed by atoms with E-state index in [1.165, 1.54) is 35.6 Å². The van der Waals surface area contributed by atoms with Crippen molar-refractivity contribution in [1.29, 1.82) is 0 Å². The summed E-state index contributed by atoms with van der Waals surface area (Å²) in [6, 6.07) is 4.31. The van der Waals surface area contributed by atoms with Crippen molar-refractivity contribution < 1.29 is 8.42 Å². The molecule has 0 saturated heterocycles. The minimum atomic E-state index is -3.43. The number of halogens is 1. The van der Waals surface area contributed by atoms with E-state index in [4.69, 9.17) is 5.73 Å². The molecule has 1 aliphatic carbocycles. The maximum Gasteiger partial charge on any atom is 0.213 e. The molecule has 0 radical (unpaired) electrons. The van der Waals surface area contributed by atoms with Gasteiger partial charge in [-0.15, -0.1) is 0 Å². The van der Waals surface area contributed by atoms with Crippen molar-refractivity contribution >= 4 is 61.4 Å². The third-order valence-electron chi connectivity index (χ3n) is 4.87. The topological polar surface area (TPSA) is 116 Å². The number of nitrogen functional groups attached to an aromatic ring is 1. The average Bonchev–Trinajstić information content (AvgIpc) is 3.24. The zero-order chi connectivity index (χ0) is 21.5. The van der Waals surface area contributed by atoms with Crippen LogP contribution in [-0.2, 0) is 29.4 Å². The SMILES string of the molecule is CC(C)NS(=O)(=O)CCn1c(Sc2cc3c(cc2I)CCC3)nc2c(N)ncnc21. The van der Waals surface area contributed by atoms with E-state index < -0.39 is 10.0 Å². The van der Waals surface area contributed by atoms with Crippen LogP contribution < -0.4 is 10.5 Å². The number of hydrogen-bond acceptors (Lipinski definition) is 7. The van der Waals surface area contributed by atoms with Crippen LogP contribution in [0.15, 0.2) is 28.5 Å². The molecular weight excluding hydrogens is 535 g/mol. The molecule has 3 N–H and O–H groups in total. The largest absolute Gasteiger partial charge is 0.382 e. The maximum atomic E-state index is 12.4. The summed E-state index contributed by atoms with van der Waals surface area (Å²) in [4.78, 5) is 14.1. The first-order valence-corrected chi connectivity index (χ1v) is 13.2. The van der Waals surface area contributed by atoms with E-state index in [-0.39, 0.29) is 24.2 Å². The molecule has 0 spiro atoms. The van der Waals surface area contributed by atoms with Crippen LogP contribution >= 0.6 is 34.4 Å². The second kappa shape index (κ2) is 8.60. The van der Waals surface area contributed by atoms with Crippen molar-refractivity contribution in [2.45, 2.75) is 55.7 Å². The highest BCUT2D eigenvalue weighted by Gasteiger charge is 2.21. The van der Waals surface area contributed by atoms with Crippen LogP contribution in [0.4, 0.5) is 5.82 Å². The van der Waals surface area contributed by atoms with Gasteiger partial charge in [0.25, 0.3) is 0 Å². The van der Waals surface area contributed by atoms with E-state index >= 15 is 0 Å². The zero-order valence-electron chi connectivity index (χ0n) is 16.7. The quantitative estimate of drug-likeness (QED) is 0.429. The monoisotopic (exact) mass is 558 g/mol. The summed E-state index contributed by atoms with van der Waals surface area (Å²) in [5, 5.41) is 0.660. The standard InChI is InChI=1S/C19H23IN6O2S2/c1-11(2)25-30(27,28)7-6-26-18-16(17(21)22-10-23-18)24-19(26)29-15-9-13-5-3-4-12(13)8-14(15)20/h8-11,25H,3-7H2,1-2H3,(H2,21,22,23). The Kier molecular flexibility index (Phi) is 6.24. The van der Waals surface area contributed by atoms with Crippen LogP contribution in [0.1, 0.15) is 31.4 Å². The number of imidazole rings is 1. The Hall–Kier alpha value is -1.44. The van der Waals surface area contributed by atoms with Crippen molar-refractivity contribution in [3.63, 3.8) is 0 Å². The molecule has 4 rings (SSSR count). The molecule has 2 aromatic heterocycles. The summed E-state index contributed by atoms with van der Waals surface area (Å²) in [6.45, 7) is 3.82. The fourth-order valence-corrected chi connectivity index (χ4v) is 6.69. The first kappa shape index (κ1) is 21.8. The third-order valence-corrected chi connectivity index (χ3v) is 8.73. The van der Waals surface area contributed by atoms with Gasteiger partial charge >= 0.3 is 0 Å². The Morgan fingerprint density at radius 3 is 2.73 bits per heavy atom. The fourth-order valence-electron chi connectivity index (χ4n) is 3.59. The van der Waals surface area contributed by atoms with Crippen molar-refractivity contribution in [2.24, 2.45) is 0 Å². The van der Waals surface area contributed by atoms with Gasteiger partial charge in [0, 0.05) is 21.1 Å². The van der Waals surface area contributed by atoms with E-state index in [1.807, 2.05) is 4.57 Å². The molecular formula is C19H23IN6O2S2. The van der Waals surface area contributed by atoms with Gasteiger partial charge in [-0.25, -0.2) is 28.1 Å². The first-order chi connectivity index (χ1) is 14.2. The predicted octanol–water partition coefficient (Wildman–Crippen LogP) is 2.98. The molecule has 1 aromatic carbocycles. The second-order valence-electron chi connectivity index (χ2n) is 7.58. The Balaban J connectivity index is 1.71. The number of sulfonamides is 1. The van der Waals surface area contributed by atoms with Crippen LogP contribution in [0, 0.1) is 3.57 Å². The van der Waals surface area contributed by atoms with Gasteiger partial charge in [-0.05, 0) is 79.0 Å². The van der Waals surface area contributed by atoms with Gasteiger partial charge in [0.15, 0.2) is 22.1 Å². The Morgan fingerprint density at radius 1 is 1.27 bits per heavy atom. The Bertz CT molecular complexity index is 1210. The number of aromatic nitrogens is 4. The Labute approximate surface area is 193 Å². The Morgan fingerprint density at radius 2 is 2.00 bits per heavy atom. The number of fused-ring (bicyclic) bond motifs is 2. The lowest BCUT2D eigenvalue weighted by Gasteiger charge is -2.12. The highest BCUT2D eigenvalue weighted by molar-refractivity contribution is 14.1. The summed E-state index contributed by atoms with van der Waals surface area (Å²) in [5.74, 6) is 0.211. The molecule has 30 heavy (non-hydrogen) atoms. The molecule has 0 saturated carbocycles. The molecule has 11 heteroatoms. The molecule has 8 nitrogen and oxygen atoms in total. The summed E-state index contributed by atoms with van der Waals surface area (Å²) < 4.78 is 30.4. The van der Waals surface area contributed by atoms with Crippen LogP contribution in [0.3, 0.4) is 0 Å². The molecule has 3 aromatic rings. The van der Waals surface area contributed by atoms with Crippen LogP contribution in [-0.4, -0.2) is 39.7 Å². The summed E-state index contributed by atoms with van der Waals surface area (Å²) in [7, 11) is -3.43. The van der Waals surface area contributed by atoms with Gasteiger partial charge in [-0.2, -0.15) is 0 Å². The predicted molar refractivity (Wildman–Crippen MR) is 127 cm³/mol. The second-order valence-corrected chi connectivity index (χ2v) is 11.6. The van der Waals surface area contributed by atoms with Crippen molar-refractivity contribution in [1.82, 2.24) is 24.2 Å². The van der Waals surface area contributed by atoms with E-state index in [9.17, 15) is 8.42 Å². The molecule has 0 bridgehead atoms. The average molecular weight is 558 g/mol. The lowest BCUT2D eigenvalue weighted by molar-refractivity contribution is 0.561. The number of nitrogens with two attached hydrogens (primary N) is 1. The third kappa shape index (κ3) is 4.58. The van der Waals surface area contributed by atoms with Gasteiger partial charge in [-0.1, -0.05) is 11.8 Å². The van der Waals surface area contributed by atoms with Gasteiger partial charge < -0.3 is 10.3 Å². The number of anilines is 1. The number of nitrogens with zero attached hydrogens (tertiary/aromatic N) is 4. The van der Waals surface area contributed by atoms with E-state index in [0.29, 0.717) is 16.3 Å². The maximum absolute atomic E-state index is 12.4. The van der Waals surface area contributed by atoms with Crippen LogP contribution in [0.2, 0.25) is 0 Å². The first-order valence-electron chi connectivity index (χ1n) is 9.69. The van der Waals surface area contributed by atoms with E-state index in [1.54, 1.807) is 13.8 Å². The van der Waals surface area contributed by atoms with Gasteiger partial charge in [0.05, 0.1) is 5.75 Å². The minimum absolute atomic E-state index is 0.0740. The van der Waals surface area contributed by atoms with Crippen molar-refractivity contribution in [3.8, 4) is 0 Å². The fraction of sp³-hybridized carbons (Fsp3) is 0.421. The lowest BCUT2D eigenvalue weighted by atomic mass is 10.1. The smallest absolute Gasteiger partial charge is 0.213 e. The molecule has 1 aliphatic rings. The van der Waals surface area contributed by atoms with Crippen molar-refractivity contribution in [3.05, 3.63) is 33.2 Å². The van der Waals surface area contributed by atoms with Gasteiger partial charge in [0.1, 0.15) is 6.33 Å². The molecule has 160 valence electrons. The number of hydrogen-bond donors (Lipinski definition) is 2. The van der Waals surface area contributed by atoms with Gasteiger partial charge in [-0.3, -0.25) is 0 Å². The molecule has 2 heterocycles.